The van der Waals surface area contributed by atoms with Gasteiger partial charge in [0.1, 0.15) is 5.82 Å². The van der Waals surface area contributed by atoms with Crippen molar-refractivity contribution in [3.8, 4) is 5.69 Å². The van der Waals surface area contributed by atoms with Gasteiger partial charge in [0.05, 0.1) is 17.6 Å². The van der Waals surface area contributed by atoms with E-state index in [4.69, 9.17) is 0 Å². The van der Waals surface area contributed by atoms with Crippen LogP contribution in [0.5, 0.6) is 0 Å². The second-order valence-corrected chi connectivity index (χ2v) is 9.81. The smallest absolute Gasteiger partial charge is 0.232 e. The summed E-state index contributed by atoms with van der Waals surface area (Å²) in [6.07, 6.45) is 5.50. The van der Waals surface area contributed by atoms with Crippen molar-refractivity contribution < 1.29 is 13.2 Å². The van der Waals surface area contributed by atoms with Crippen LogP contribution >= 0.6 is 0 Å². The molecule has 0 spiro atoms. The van der Waals surface area contributed by atoms with Crippen molar-refractivity contribution in [2.75, 3.05) is 17.1 Å². The van der Waals surface area contributed by atoms with Crippen molar-refractivity contribution in [3.63, 3.8) is 0 Å². The Morgan fingerprint density at radius 2 is 1.84 bits per heavy atom. The van der Waals surface area contributed by atoms with Crippen LogP contribution in [0, 0.1) is 20.8 Å². The van der Waals surface area contributed by atoms with Gasteiger partial charge in [0.25, 0.3) is 0 Å². The molecule has 0 atom stereocenters. The van der Waals surface area contributed by atoms with Gasteiger partial charge in [0.2, 0.25) is 15.9 Å². The van der Waals surface area contributed by atoms with E-state index in [-0.39, 0.29) is 18.9 Å². The molecule has 7 nitrogen and oxygen atoms in total. The number of rotatable bonds is 9. The number of carbonyl (C=O) groups excluding carboxylic acids is 1. The molecule has 0 aliphatic carbocycles. The first-order chi connectivity index (χ1) is 15.2. The molecule has 0 saturated carbocycles. The van der Waals surface area contributed by atoms with Crippen LogP contribution in [-0.2, 0) is 21.4 Å². The van der Waals surface area contributed by atoms with Gasteiger partial charge in [-0.15, -0.1) is 0 Å². The topological polar surface area (TPSA) is 84.3 Å². The Balaban J connectivity index is 1.61. The number of aryl methyl sites for hydroxylation is 2. The molecule has 2 aromatic carbocycles. The van der Waals surface area contributed by atoms with Gasteiger partial charge in [-0.3, -0.25) is 9.10 Å². The highest BCUT2D eigenvalue weighted by molar-refractivity contribution is 7.92. The number of sulfonamides is 1. The lowest BCUT2D eigenvalue weighted by atomic mass is 10.1. The summed E-state index contributed by atoms with van der Waals surface area (Å²) in [5.74, 6) is 0.757. The summed E-state index contributed by atoms with van der Waals surface area (Å²) in [6.45, 7) is 6.43. The first kappa shape index (κ1) is 23.5. The number of nitrogens with one attached hydrogen (secondary N) is 1. The number of aromatic nitrogens is 2. The molecule has 0 saturated heterocycles. The van der Waals surface area contributed by atoms with Crippen LogP contribution < -0.4 is 9.62 Å². The summed E-state index contributed by atoms with van der Waals surface area (Å²) in [6, 6.07) is 13.5. The highest BCUT2D eigenvalue weighted by atomic mass is 32.2. The van der Waals surface area contributed by atoms with Crippen LogP contribution in [0.1, 0.15) is 35.4 Å². The zero-order chi connectivity index (χ0) is 23.3. The third-order valence-corrected chi connectivity index (χ3v) is 6.74. The average molecular weight is 455 g/mol. The first-order valence-electron chi connectivity index (χ1n) is 10.6. The molecule has 8 heteroatoms. The molecule has 0 bridgehead atoms. The molecule has 1 aromatic heterocycles. The third kappa shape index (κ3) is 5.56. The molecule has 0 aliphatic rings. The van der Waals surface area contributed by atoms with Crippen molar-refractivity contribution in [1.29, 1.82) is 0 Å². The summed E-state index contributed by atoms with van der Waals surface area (Å²) in [5, 5.41) is 2.95. The molecule has 32 heavy (non-hydrogen) atoms. The van der Waals surface area contributed by atoms with E-state index in [0.29, 0.717) is 18.7 Å². The molecule has 3 aromatic rings. The van der Waals surface area contributed by atoms with Gasteiger partial charge in [0, 0.05) is 31.9 Å². The number of carbonyl (C=O) groups is 1. The van der Waals surface area contributed by atoms with E-state index < -0.39 is 10.0 Å². The second kappa shape index (κ2) is 9.99. The first-order valence-corrected chi connectivity index (χ1v) is 12.4. The van der Waals surface area contributed by atoms with E-state index in [1.807, 2.05) is 67.9 Å². The van der Waals surface area contributed by atoms with Gasteiger partial charge in [-0.2, -0.15) is 0 Å². The fourth-order valence-electron chi connectivity index (χ4n) is 3.66. The van der Waals surface area contributed by atoms with E-state index in [1.54, 1.807) is 12.3 Å². The molecule has 0 aliphatic heterocycles. The number of amides is 1. The highest BCUT2D eigenvalue weighted by Gasteiger charge is 2.20. The van der Waals surface area contributed by atoms with E-state index in [0.717, 1.165) is 28.2 Å². The second-order valence-electron chi connectivity index (χ2n) is 7.91. The Hall–Kier alpha value is -3.13. The van der Waals surface area contributed by atoms with Crippen LogP contribution in [0.3, 0.4) is 0 Å². The number of para-hydroxylation sites is 1. The van der Waals surface area contributed by atoms with Crippen LogP contribution in [0.15, 0.2) is 54.9 Å². The van der Waals surface area contributed by atoms with Crippen molar-refractivity contribution in [3.05, 3.63) is 77.4 Å². The molecular weight excluding hydrogens is 424 g/mol. The van der Waals surface area contributed by atoms with Crippen molar-refractivity contribution in [2.24, 2.45) is 0 Å². The lowest BCUT2D eigenvalue weighted by Crippen LogP contribution is -2.32. The highest BCUT2D eigenvalue weighted by Crippen LogP contribution is 2.25. The number of hydrogen-bond donors (Lipinski definition) is 1. The van der Waals surface area contributed by atoms with Crippen molar-refractivity contribution in [1.82, 2.24) is 14.9 Å². The molecule has 1 N–H and O–H groups in total. The minimum absolute atomic E-state index is 0.114. The van der Waals surface area contributed by atoms with Gasteiger partial charge in [-0.25, -0.2) is 13.4 Å². The monoisotopic (exact) mass is 454 g/mol. The van der Waals surface area contributed by atoms with Gasteiger partial charge in [0.15, 0.2) is 0 Å². The van der Waals surface area contributed by atoms with Crippen LogP contribution in [0.25, 0.3) is 5.69 Å². The Labute approximate surface area is 190 Å². The molecule has 3 rings (SSSR count). The number of benzene rings is 2. The molecule has 1 heterocycles. The maximum absolute atomic E-state index is 12.5. The third-order valence-electron chi connectivity index (χ3n) is 5.56. The van der Waals surface area contributed by atoms with Crippen molar-refractivity contribution in [2.45, 2.75) is 40.2 Å². The van der Waals surface area contributed by atoms with E-state index in [1.165, 1.54) is 10.6 Å². The molecular formula is C24H30N4O3S. The fourth-order valence-corrected chi connectivity index (χ4v) is 4.68. The zero-order valence-electron chi connectivity index (χ0n) is 19.0. The Kier molecular flexibility index (Phi) is 7.35. The van der Waals surface area contributed by atoms with Gasteiger partial charge in [-0.1, -0.05) is 30.3 Å². The van der Waals surface area contributed by atoms with Gasteiger partial charge < -0.3 is 9.88 Å². The largest absolute Gasteiger partial charge is 0.352 e. The summed E-state index contributed by atoms with van der Waals surface area (Å²) in [5.41, 5.74) is 4.57. The van der Waals surface area contributed by atoms with E-state index >= 15 is 0 Å². The summed E-state index contributed by atoms with van der Waals surface area (Å²) >= 11 is 0. The normalized spacial score (nSPS) is 11.4. The molecule has 1 amide bonds. The van der Waals surface area contributed by atoms with Gasteiger partial charge >= 0.3 is 0 Å². The quantitative estimate of drug-likeness (QED) is 0.535. The SMILES string of the molecule is Cc1cccc(N(CCCC(=O)NCc2ccccc2-n2ccnc2C)S(C)(=O)=O)c1C. The van der Waals surface area contributed by atoms with Crippen LogP contribution in [0.2, 0.25) is 0 Å². The minimum atomic E-state index is -3.45. The maximum atomic E-state index is 12.5. The fraction of sp³-hybridized carbons (Fsp3) is 0.333. The van der Waals surface area contributed by atoms with Crippen molar-refractivity contribution >= 4 is 21.6 Å². The van der Waals surface area contributed by atoms with Crippen LogP contribution in [0.4, 0.5) is 5.69 Å². The summed E-state index contributed by atoms with van der Waals surface area (Å²) < 4.78 is 28.1. The molecule has 0 radical (unpaired) electrons. The molecule has 0 fully saturated rings. The Bertz CT molecular complexity index is 1200. The number of anilines is 1. The van der Waals surface area contributed by atoms with E-state index in [2.05, 4.69) is 10.3 Å². The Morgan fingerprint density at radius 3 is 2.53 bits per heavy atom. The standard InChI is InChI=1S/C24H30N4O3S/c1-18-9-7-12-22(19(18)2)28(32(4,30)31)15-8-13-24(29)26-17-21-10-5-6-11-23(21)27-16-14-25-20(27)3/h5-7,9-12,14,16H,8,13,15,17H2,1-4H3,(H,26,29). The maximum Gasteiger partial charge on any atom is 0.232 e. The lowest BCUT2D eigenvalue weighted by Gasteiger charge is -2.25. The Morgan fingerprint density at radius 1 is 1.09 bits per heavy atom. The number of hydrogen-bond acceptors (Lipinski definition) is 4. The minimum Gasteiger partial charge on any atom is -0.352 e. The predicted octanol–water partition coefficient (Wildman–Crippen LogP) is 3.66. The average Bonchev–Trinajstić information content (AvgIpc) is 3.17. The van der Waals surface area contributed by atoms with Crippen LogP contribution in [-0.4, -0.2) is 36.7 Å². The lowest BCUT2D eigenvalue weighted by molar-refractivity contribution is -0.121. The number of imidazole rings is 1. The van der Waals surface area contributed by atoms with E-state index in [9.17, 15) is 13.2 Å². The predicted molar refractivity (Wildman–Crippen MR) is 127 cm³/mol. The molecule has 170 valence electrons. The summed E-state index contributed by atoms with van der Waals surface area (Å²) in [7, 11) is -3.45. The number of nitrogens with zero attached hydrogens (tertiary/aromatic N) is 3. The summed E-state index contributed by atoms with van der Waals surface area (Å²) in [4.78, 5) is 16.7. The molecule has 0 unspecified atom stereocenters. The van der Waals surface area contributed by atoms with Gasteiger partial charge in [-0.05, 0) is 56.0 Å². The zero-order valence-corrected chi connectivity index (χ0v) is 19.8.